The summed E-state index contributed by atoms with van der Waals surface area (Å²) in [5, 5.41) is 0. The van der Waals surface area contributed by atoms with E-state index in [-0.39, 0.29) is 0 Å². The Labute approximate surface area is 189 Å². The SMILES string of the molecule is CCO[Si](CCCCCCCCCC[Si](OCC)(OCC)OCC)(OCC)OCC. The Morgan fingerprint density at radius 1 is 0.333 bits per heavy atom. The maximum Gasteiger partial charge on any atom is 0.500 e. The van der Waals surface area contributed by atoms with Gasteiger partial charge in [-0.1, -0.05) is 38.5 Å². The van der Waals surface area contributed by atoms with Crippen LogP contribution in [0.4, 0.5) is 0 Å². The first-order chi connectivity index (χ1) is 14.6. The van der Waals surface area contributed by atoms with E-state index in [1.165, 1.54) is 38.5 Å². The van der Waals surface area contributed by atoms with Gasteiger partial charge >= 0.3 is 17.6 Å². The van der Waals surface area contributed by atoms with Gasteiger partial charge in [-0.15, -0.1) is 0 Å². The molecule has 30 heavy (non-hydrogen) atoms. The quantitative estimate of drug-likeness (QED) is 0.132. The number of hydrogen-bond acceptors (Lipinski definition) is 6. The van der Waals surface area contributed by atoms with E-state index < -0.39 is 17.6 Å². The molecule has 0 amide bonds. The van der Waals surface area contributed by atoms with Crippen molar-refractivity contribution in [3.8, 4) is 0 Å². The molecule has 0 fully saturated rings. The predicted octanol–water partition coefficient (Wildman–Crippen LogP) is 6.20. The molecule has 0 aliphatic heterocycles. The van der Waals surface area contributed by atoms with Crippen molar-refractivity contribution in [3.63, 3.8) is 0 Å². The first kappa shape index (κ1) is 30.2. The van der Waals surface area contributed by atoms with Crippen molar-refractivity contribution >= 4 is 17.6 Å². The van der Waals surface area contributed by atoms with E-state index in [0.717, 1.165) is 24.9 Å². The van der Waals surface area contributed by atoms with Crippen molar-refractivity contribution in [1.29, 1.82) is 0 Å². The fourth-order valence-electron chi connectivity index (χ4n) is 3.75. The van der Waals surface area contributed by atoms with E-state index in [2.05, 4.69) is 0 Å². The second-order valence-corrected chi connectivity index (χ2v) is 12.8. The van der Waals surface area contributed by atoms with Crippen LogP contribution in [0.2, 0.25) is 12.1 Å². The highest BCUT2D eigenvalue weighted by Crippen LogP contribution is 2.22. The maximum absolute atomic E-state index is 5.93. The summed E-state index contributed by atoms with van der Waals surface area (Å²) in [7, 11) is -4.90. The van der Waals surface area contributed by atoms with Gasteiger partial charge in [0.1, 0.15) is 0 Å². The van der Waals surface area contributed by atoms with Gasteiger partial charge in [-0.05, 0) is 54.4 Å². The van der Waals surface area contributed by atoms with E-state index in [9.17, 15) is 0 Å². The van der Waals surface area contributed by atoms with Crippen LogP contribution in [-0.2, 0) is 26.6 Å². The Balaban J connectivity index is 3.97. The average Bonchev–Trinajstić information content (AvgIpc) is 2.70. The third-order valence-corrected chi connectivity index (χ3v) is 11.2. The molecular formula is C22H50O6Si2. The molecular weight excluding hydrogens is 416 g/mol. The van der Waals surface area contributed by atoms with Crippen LogP contribution in [0.25, 0.3) is 0 Å². The van der Waals surface area contributed by atoms with Gasteiger partial charge in [0, 0.05) is 51.7 Å². The van der Waals surface area contributed by atoms with Crippen LogP contribution in [-0.4, -0.2) is 57.3 Å². The summed E-state index contributed by atoms with van der Waals surface area (Å²) in [5.41, 5.74) is 0. The lowest BCUT2D eigenvalue weighted by Gasteiger charge is -2.28. The molecule has 0 aromatic heterocycles. The zero-order chi connectivity index (χ0) is 22.6. The lowest BCUT2D eigenvalue weighted by molar-refractivity contribution is 0.0697. The van der Waals surface area contributed by atoms with E-state index >= 15 is 0 Å². The number of rotatable bonds is 23. The molecule has 6 nitrogen and oxygen atoms in total. The van der Waals surface area contributed by atoms with Crippen molar-refractivity contribution in [1.82, 2.24) is 0 Å². The summed E-state index contributed by atoms with van der Waals surface area (Å²) in [6.45, 7) is 16.1. The van der Waals surface area contributed by atoms with Crippen LogP contribution < -0.4 is 0 Å². The normalized spacial score (nSPS) is 12.6. The molecule has 0 spiro atoms. The van der Waals surface area contributed by atoms with Crippen molar-refractivity contribution in [3.05, 3.63) is 0 Å². The van der Waals surface area contributed by atoms with Crippen molar-refractivity contribution in [2.75, 3.05) is 39.6 Å². The fraction of sp³-hybridized carbons (Fsp3) is 1.00. The summed E-state index contributed by atoms with van der Waals surface area (Å²) < 4.78 is 35.6. The molecule has 0 rings (SSSR count). The smallest absolute Gasteiger partial charge is 0.374 e. The van der Waals surface area contributed by atoms with Crippen LogP contribution >= 0.6 is 0 Å². The monoisotopic (exact) mass is 466 g/mol. The third kappa shape index (κ3) is 13.6. The number of hydrogen-bond donors (Lipinski definition) is 0. The summed E-state index contributed by atoms with van der Waals surface area (Å²) in [5.74, 6) is 0. The van der Waals surface area contributed by atoms with E-state index in [0.29, 0.717) is 39.6 Å². The van der Waals surface area contributed by atoms with Crippen LogP contribution in [0.5, 0.6) is 0 Å². The van der Waals surface area contributed by atoms with Crippen LogP contribution in [0, 0.1) is 0 Å². The standard InChI is InChI=1S/C22H50O6Si2/c1-7-23-29(24-8-2,25-9-3)21-19-17-15-13-14-16-18-20-22-30(26-10-4,27-11-5)28-12-6/h7-22H2,1-6H3. The minimum Gasteiger partial charge on any atom is -0.374 e. The first-order valence-electron chi connectivity index (χ1n) is 12.4. The molecule has 0 aromatic carbocycles. The Morgan fingerprint density at radius 3 is 0.733 bits per heavy atom. The van der Waals surface area contributed by atoms with Gasteiger partial charge in [0.05, 0.1) is 0 Å². The van der Waals surface area contributed by atoms with Crippen LogP contribution in [0.3, 0.4) is 0 Å². The van der Waals surface area contributed by atoms with Crippen LogP contribution in [0.15, 0.2) is 0 Å². The Hall–Kier alpha value is 0.194. The molecule has 0 aliphatic carbocycles. The highest BCUT2D eigenvalue weighted by Gasteiger charge is 2.40. The highest BCUT2D eigenvalue weighted by atomic mass is 28.4. The van der Waals surface area contributed by atoms with Gasteiger partial charge < -0.3 is 26.6 Å². The molecule has 182 valence electrons. The summed E-state index contributed by atoms with van der Waals surface area (Å²) in [4.78, 5) is 0. The lowest BCUT2D eigenvalue weighted by atomic mass is 10.1. The van der Waals surface area contributed by atoms with E-state index in [1.54, 1.807) is 0 Å². The van der Waals surface area contributed by atoms with Gasteiger partial charge in [-0.2, -0.15) is 0 Å². The first-order valence-corrected chi connectivity index (χ1v) is 16.3. The van der Waals surface area contributed by atoms with Gasteiger partial charge in [-0.25, -0.2) is 0 Å². The van der Waals surface area contributed by atoms with Gasteiger partial charge in [0.25, 0.3) is 0 Å². The minimum atomic E-state index is -2.45. The average molecular weight is 467 g/mol. The molecule has 0 aromatic rings. The van der Waals surface area contributed by atoms with Crippen molar-refractivity contribution < 1.29 is 26.6 Å². The molecule has 0 saturated carbocycles. The summed E-state index contributed by atoms with van der Waals surface area (Å²) in [6.07, 6.45) is 9.80. The fourth-order valence-corrected chi connectivity index (χ4v) is 9.12. The number of unbranched alkanes of at least 4 members (excludes halogenated alkanes) is 7. The summed E-state index contributed by atoms with van der Waals surface area (Å²) >= 11 is 0. The highest BCUT2D eigenvalue weighted by molar-refractivity contribution is 6.61. The second kappa shape index (κ2) is 19.8. The van der Waals surface area contributed by atoms with Crippen molar-refractivity contribution in [2.24, 2.45) is 0 Å². The van der Waals surface area contributed by atoms with E-state index in [4.69, 9.17) is 26.6 Å². The zero-order valence-corrected chi connectivity index (χ0v) is 22.8. The topological polar surface area (TPSA) is 55.4 Å². The second-order valence-electron chi connectivity index (χ2n) is 7.29. The Morgan fingerprint density at radius 2 is 0.533 bits per heavy atom. The molecule has 0 unspecified atom stereocenters. The van der Waals surface area contributed by atoms with Gasteiger partial charge in [-0.3, -0.25) is 0 Å². The Kier molecular flexibility index (Phi) is 20.0. The molecule has 0 bridgehead atoms. The largest absolute Gasteiger partial charge is 0.500 e. The molecule has 0 aliphatic rings. The van der Waals surface area contributed by atoms with E-state index in [1.807, 2.05) is 41.5 Å². The lowest BCUT2D eigenvalue weighted by Crippen LogP contribution is -2.45. The molecule has 8 heteroatoms. The Bertz CT molecular complexity index is 305. The molecule has 0 heterocycles. The maximum atomic E-state index is 5.93. The molecule has 0 atom stereocenters. The molecule has 0 radical (unpaired) electrons. The van der Waals surface area contributed by atoms with Gasteiger partial charge in [0.15, 0.2) is 0 Å². The predicted molar refractivity (Wildman–Crippen MR) is 128 cm³/mol. The molecule has 0 saturated heterocycles. The minimum absolute atomic E-state index is 0.659. The summed E-state index contributed by atoms with van der Waals surface area (Å²) in [6, 6.07) is 1.86. The third-order valence-electron chi connectivity index (χ3n) is 4.90. The van der Waals surface area contributed by atoms with Crippen molar-refractivity contribution in [2.45, 2.75) is 105 Å². The van der Waals surface area contributed by atoms with Gasteiger partial charge in [0.2, 0.25) is 0 Å². The molecule has 0 N–H and O–H groups in total. The zero-order valence-electron chi connectivity index (χ0n) is 20.8. The van der Waals surface area contributed by atoms with Crippen LogP contribution in [0.1, 0.15) is 92.9 Å².